The van der Waals surface area contributed by atoms with Gasteiger partial charge in [-0.3, -0.25) is 25.2 Å². The first kappa shape index (κ1) is 17.7. The van der Waals surface area contributed by atoms with Crippen LogP contribution in [-0.2, 0) is 9.59 Å². The van der Waals surface area contributed by atoms with Crippen LogP contribution in [0.2, 0.25) is 0 Å². The molecule has 2 aliphatic carbocycles. The number of hydrogen-bond donors (Lipinski definition) is 3. The van der Waals surface area contributed by atoms with E-state index in [0.29, 0.717) is 4.88 Å². The second-order valence-corrected chi connectivity index (χ2v) is 7.93. The number of aliphatic carboxylic acids is 1. The number of thiophene rings is 1. The predicted molar refractivity (Wildman–Crippen MR) is 93.9 cm³/mol. The van der Waals surface area contributed by atoms with Crippen LogP contribution >= 0.6 is 11.3 Å². The normalized spacial score (nSPS) is 27.2. The maximum Gasteiger partial charge on any atom is 0.307 e. The molecule has 2 saturated carbocycles. The minimum Gasteiger partial charge on any atom is -0.481 e. The number of aryl methyl sites for hydroxylation is 1. The highest BCUT2D eigenvalue weighted by Crippen LogP contribution is 2.57. The third kappa shape index (κ3) is 2.97. The maximum atomic E-state index is 12.7. The summed E-state index contributed by atoms with van der Waals surface area (Å²) in [4.78, 5) is 37.1. The van der Waals surface area contributed by atoms with E-state index in [-0.39, 0.29) is 17.7 Å². The Morgan fingerprint density at radius 1 is 1.12 bits per heavy atom. The van der Waals surface area contributed by atoms with Crippen LogP contribution < -0.4 is 10.9 Å². The van der Waals surface area contributed by atoms with Crippen molar-refractivity contribution in [2.24, 2.45) is 23.7 Å². The zero-order valence-corrected chi connectivity index (χ0v) is 15.3. The van der Waals surface area contributed by atoms with Crippen LogP contribution in [0.3, 0.4) is 0 Å². The Morgan fingerprint density at radius 2 is 1.76 bits per heavy atom. The summed E-state index contributed by atoms with van der Waals surface area (Å²) >= 11 is 1.30. The SMILES string of the molecule is CC(C)=C1[C@H]2CC[C@H]1[C@H](C(=O)NNC(=O)c1sccc1C)[C@H]2C(=O)O. The molecule has 134 valence electrons. The first-order valence-electron chi connectivity index (χ1n) is 8.37. The van der Waals surface area contributed by atoms with Gasteiger partial charge in [-0.05, 0) is 62.5 Å². The standard InChI is InChI=1S/C18H22N2O4S/c1-8(2)12-10-4-5-11(12)14(18(23)24)13(10)16(21)19-20-17(22)15-9(3)6-7-25-15/h6-7,10-11,13-14H,4-5H2,1-3H3,(H,19,21)(H,20,22)(H,23,24)/t10-,11-,13+,14+/m1/s1. The molecule has 2 fully saturated rings. The minimum absolute atomic E-state index is 0.0449. The summed E-state index contributed by atoms with van der Waals surface area (Å²) in [5.41, 5.74) is 7.94. The summed E-state index contributed by atoms with van der Waals surface area (Å²) in [5.74, 6) is -3.20. The predicted octanol–water partition coefficient (Wildman–Crippen LogP) is 2.51. The molecule has 25 heavy (non-hydrogen) atoms. The number of nitrogens with one attached hydrogen (secondary N) is 2. The van der Waals surface area contributed by atoms with Crippen LogP contribution in [0.4, 0.5) is 0 Å². The van der Waals surface area contributed by atoms with Crippen LogP contribution in [0.15, 0.2) is 22.6 Å². The fourth-order valence-electron chi connectivity index (χ4n) is 4.47. The van der Waals surface area contributed by atoms with Gasteiger partial charge in [-0.25, -0.2) is 0 Å². The molecule has 3 rings (SSSR count). The number of fused-ring (bicyclic) bond motifs is 2. The summed E-state index contributed by atoms with van der Waals surface area (Å²) in [6.45, 7) is 5.77. The summed E-state index contributed by atoms with van der Waals surface area (Å²) in [6.07, 6.45) is 1.64. The molecule has 2 bridgehead atoms. The Bertz CT molecular complexity index is 763. The highest BCUT2D eigenvalue weighted by molar-refractivity contribution is 7.12. The Morgan fingerprint density at radius 3 is 2.28 bits per heavy atom. The van der Waals surface area contributed by atoms with Crippen molar-refractivity contribution in [3.05, 3.63) is 33.0 Å². The van der Waals surface area contributed by atoms with E-state index in [2.05, 4.69) is 10.9 Å². The smallest absolute Gasteiger partial charge is 0.307 e. The molecule has 7 heteroatoms. The van der Waals surface area contributed by atoms with E-state index in [0.717, 1.165) is 29.6 Å². The molecule has 3 N–H and O–H groups in total. The summed E-state index contributed by atoms with van der Waals surface area (Å²) in [7, 11) is 0. The first-order chi connectivity index (χ1) is 11.8. The van der Waals surface area contributed by atoms with Gasteiger partial charge in [0.05, 0.1) is 16.7 Å². The minimum atomic E-state index is -0.938. The lowest BCUT2D eigenvalue weighted by atomic mass is 9.79. The molecule has 0 unspecified atom stereocenters. The molecule has 1 aromatic heterocycles. The van der Waals surface area contributed by atoms with Gasteiger partial charge in [0.15, 0.2) is 0 Å². The fourth-order valence-corrected chi connectivity index (χ4v) is 5.29. The highest BCUT2D eigenvalue weighted by Gasteiger charge is 2.57. The van der Waals surface area contributed by atoms with E-state index in [1.165, 1.54) is 11.3 Å². The van der Waals surface area contributed by atoms with Gasteiger partial charge in [0.1, 0.15) is 0 Å². The molecular weight excluding hydrogens is 340 g/mol. The fraction of sp³-hybridized carbons (Fsp3) is 0.500. The van der Waals surface area contributed by atoms with Crippen LogP contribution in [0.5, 0.6) is 0 Å². The third-order valence-corrected chi connectivity index (χ3v) is 6.39. The number of hydrazine groups is 1. The van der Waals surface area contributed by atoms with Crippen molar-refractivity contribution in [1.29, 1.82) is 0 Å². The van der Waals surface area contributed by atoms with Gasteiger partial charge in [0.2, 0.25) is 5.91 Å². The summed E-state index contributed by atoms with van der Waals surface area (Å²) in [5, 5.41) is 11.4. The van der Waals surface area contributed by atoms with Gasteiger partial charge >= 0.3 is 5.97 Å². The Balaban J connectivity index is 1.75. The Labute approximate surface area is 150 Å². The highest BCUT2D eigenvalue weighted by atomic mass is 32.1. The molecule has 0 saturated heterocycles. The van der Waals surface area contributed by atoms with E-state index in [4.69, 9.17) is 0 Å². The molecule has 4 atom stereocenters. The van der Waals surface area contributed by atoms with Crippen LogP contribution in [0, 0.1) is 30.6 Å². The lowest BCUT2D eigenvalue weighted by molar-refractivity contribution is -0.149. The molecular formula is C18H22N2O4S. The zero-order valence-electron chi connectivity index (χ0n) is 14.5. The van der Waals surface area contributed by atoms with Gasteiger partial charge in [-0.1, -0.05) is 11.1 Å². The first-order valence-corrected chi connectivity index (χ1v) is 9.25. The van der Waals surface area contributed by atoms with Gasteiger partial charge in [0, 0.05) is 0 Å². The molecule has 1 aromatic rings. The van der Waals surface area contributed by atoms with Crippen LogP contribution in [0.25, 0.3) is 0 Å². The van der Waals surface area contributed by atoms with E-state index >= 15 is 0 Å². The van der Waals surface area contributed by atoms with Crippen molar-refractivity contribution >= 4 is 29.1 Å². The van der Waals surface area contributed by atoms with Crippen molar-refractivity contribution in [1.82, 2.24) is 10.9 Å². The van der Waals surface area contributed by atoms with Gasteiger partial charge in [-0.15, -0.1) is 11.3 Å². The van der Waals surface area contributed by atoms with E-state index in [9.17, 15) is 19.5 Å². The van der Waals surface area contributed by atoms with Crippen molar-refractivity contribution in [3.63, 3.8) is 0 Å². The van der Waals surface area contributed by atoms with Crippen molar-refractivity contribution in [2.45, 2.75) is 33.6 Å². The molecule has 1 heterocycles. The van der Waals surface area contributed by atoms with Gasteiger partial charge in [-0.2, -0.15) is 0 Å². The lowest BCUT2D eigenvalue weighted by Crippen LogP contribution is -2.48. The molecule has 2 amide bonds. The molecule has 6 nitrogen and oxygen atoms in total. The Kier molecular flexibility index (Phi) is 4.69. The number of carboxylic acids is 1. The van der Waals surface area contributed by atoms with Gasteiger partial charge in [0.25, 0.3) is 5.91 Å². The zero-order chi connectivity index (χ0) is 18.3. The monoisotopic (exact) mass is 362 g/mol. The second-order valence-electron chi connectivity index (χ2n) is 7.01. The number of carboxylic acid groups (broad SMARTS) is 1. The summed E-state index contributed by atoms with van der Waals surface area (Å²) < 4.78 is 0. The van der Waals surface area contributed by atoms with E-state index in [1.54, 1.807) is 0 Å². The topological polar surface area (TPSA) is 95.5 Å². The van der Waals surface area contributed by atoms with E-state index < -0.39 is 23.7 Å². The van der Waals surface area contributed by atoms with E-state index in [1.807, 2.05) is 32.2 Å². The van der Waals surface area contributed by atoms with Crippen LogP contribution in [0.1, 0.15) is 41.9 Å². The number of carbonyl (C=O) groups is 3. The molecule has 2 aliphatic rings. The second kappa shape index (κ2) is 6.63. The summed E-state index contributed by atoms with van der Waals surface area (Å²) in [6, 6.07) is 1.83. The van der Waals surface area contributed by atoms with Crippen molar-refractivity contribution < 1.29 is 19.5 Å². The average molecular weight is 362 g/mol. The average Bonchev–Trinajstić information content (AvgIpc) is 3.24. The third-order valence-electron chi connectivity index (χ3n) is 5.37. The maximum absolute atomic E-state index is 12.7. The Hall–Kier alpha value is -2.15. The number of hydrogen-bond acceptors (Lipinski definition) is 4. The lowest BCUT2D eigenvalue weighted by Gasteiger charge is -2.26. The van der Waals surface area contributed by atoms with Crippen molar-refractivity contribution in [3.8, 4) is 0 Å². The number of allylic oxidation sites excluding steroid dienone is 2. The quantitative estimate of drug-likeness (QED) is 0.569. The number of carbonyl (C=O) groups excluding carboxylic acids is 2. The largest absolute Gasteiger partial charge is 0.481 e. The molecule has 0 aromatic carbocycles. The van der Waals surface area contributed by atoms with Crippen molar-refractivity contribution in [2.75, 3.05) is 0 Å². The number of amides is 2. The molecule has 0 radical (unpaired) electrons. The van der Waals surface area contributed by atoms with Crippen LogP contribution in [-0.4, -0.2) is 22.9 Å². The van der Waals surface area contributed by atoms with Gasteiger partial charge < -0.3 is 5.11 Å². The molecule has 0 spiro atoms. The molecule has 0 aliphatic heterocycles. The number of rotatable bonds is 3.